The fourth-order valence-corrected chi connectivity index (χ4v) is 35.9. The van der Waals surface area contributed by atoms with E-state index in [0.29, 0.717) is 7.35 Å². The second-order valence-electron chi connectivity index (χ2n) is 11.0. The van der Waals surface area contributed by atoms with Gasteiger partial charge in [0.05, 0.1) is 0 Å². The van der Waals surface area contributed by atoms with E-state index in [0.717, 1.165) is 0 Å². The minimum absolute atomic E-state index is 0. The van der Waals surface area contributed by atoms with Gasteiger partial charge in [-0.3, -0.25) is 0 Å². The van der Waals surface area contributed by atoms with Crippen LogP contribution in [0.3, 0.4) is 0 Å². The molecule has 2 atom stereocenters. The summed E-state index contributed by atoms with van der Waals surface area (Å²) in [6, 6.07) is 9.39. The first kappa shape index (κ1) is 27.8. The molecule has 32 heavy (non-hydrogen) atoms. The number of halogens is 2. The van der Waals surface area contributed by atoms with Crippen LogP contribution in [0.15, 0.2) is 35.4 Å². The molecule has 0 radical (unpaired) electrons. The zero-order valence-electron chi connectivity index (χ0n) is 21.1. The Balaban J connectivity index is 0.00000181. The molecule has 0 heterocycles. The summed E-state index contributed by atoms with van der Waals surface area (Å²) in [5.41, 5.74) is 15.7. The van der Waals surface area contributed by atoms with E-state index in [2.05, 4.69) is 94.3 Å². The van der Waals surface area contributed by atoms with Gasteiger partial charge in [-0.25, -0.2) is 0 Å². The molecule has 2 unspecified atom stereocenters. The first-order valence-corrected chi connectivity index (χ1v) is 31.3. The molecule has 0 saturated carbocycles. The van der Waals surface area contributed by atoms with E-state index in [1.165, 1.54) is 46.2 Å². The number of benzene rings is 2. The summed E-state index contributed by atoms with van der Waals surface area (Å²) in [6.45, 7) is 16.5. The van der Waals surface area contributed by atoms with Gasteiger partial charge in [0.15, 0.2) is 0 Å². The molecular weight excluding hydrogens is 614 g/mol. The Morgan fingerprint density at radius 3 is 1.28 bits per heavy atom. The third-order valence-corrected chi connectivity index (χ3v) is 33.2. The SMILES string of the molecule is CCC1=Cc2c(C)ccc(C)c2[CH]1[Hf]([CH3])([CH3])(=[SiH2])[CH]1C(CC)=Cc2c(C)ccc(C)c21.Cl.Cl. The second kappa shape index (κ2) is 9.32. The van der Waals surface area contributed by atoms with Crippen LogP contribution in [0.25, 0.3) is 12.2 Å². The van der Waals surface area contributed by atoms with E-state index in [9.17, 15) is 0 Å². The first-order chi connectivity index (χ1) is 14.0. The first-order valence-electron chi connectivity index (χ1n) is 11.7. The minimum Gasteiger partial charge on any atom is -0.147 e. The third-order valence-electron chi connectivity index (χ3n) is 8.14. The van der Waals surface area contributed by atoms with Crippen LogP contribution in [0.2, 0.25) is 9.36 Å². The van der Waals surface area contributed by atoms with Gasteiger partial charge in [-0.1, -0.05) is 0 Å². The Kier molecular flexibility index (Phi) is 8.11. The molecule has 4 rings (SSSR count). The molecule has 0 N–H and O–H groups in total. The molecule has 0 amide bonds. The van der Waals surface area contributed by atoms with Gasteiger partial charge in [-0.05, 0) is 0 Å². The molecule has 174 valence electrons. The van der Waals surface area contributed by atoms with Crippen LogP contribution in [0, 0.1) is 27.7 Å². The van der Waals surface area contributed by atoms with Crippen molar-refractivity contribution in [2.45, 2.75) is 71.1 Å². The molecule has 0 nitrogen and oxygen atoms in total. The number of hydrogen-bond donors (Lipinski definition) is 0. The number of rotatable bonds is 4. The molecule has 4 heteroatoms. The zero-order chi connectivity index (χ0) is 22.0. The fourth-order valence-electron chi connectivity index (χ4n) is 6.71. The quantitative estimate of drug-likeness (QED) is 0.291. The zero-order valence-corrected chi connectivity index (χ0v) is 27.7. The molecular formula is C28H40Cl2HfSi. The summed E-state index contributed by atoms with van der Waals surface area (Å²) in [6.07, 6.45) is 7.49. The molecule has 0 aromatic heterocycles. The monoisotopic (exact) mass is 654 g/mol. The van der Waals surface area contributed by atoms with Gasteiger partial charge in [-0.2, -0.15) is 0 Å². The van der Waals surface area contributed by atoms with Crippen molar-refractivity contribution in [3.8, 4) is 0 Å². The average Bonchev–Trinajstić information content (AvgIpc) is 3.29. The van der Waals surface area contributed by atoms with Gasteiger partial charge in [-0.15, -0.1) is 24.8 Å². The Morgan fingerprint density at radius 1 is 0.656 bits per heavy atom. The topological polar surface area (TPSA) is 0 Å². The van der Waals surface area contributed by atoms with E-state index < -0.39 is 17.1 Å². The van der Waals surface area contributed by atoms with Crippen LogP contribution < -0.4 is 0 Å². The van der Waals surface area contributed by atoms with Crippen LogP contribution in [0.5, 0.6) is 0 Å². The standard InChI is InChI=1S/2C13H15.2CH3.2ClH.Hf.H2Si/c2*1-4-11-7-12-9(2)5-6-10(3)13(12)8-11;;;;;;/h2*5-8H,4H2,1-3H3;2*1H3;2*1H;;1H2. The van der Waals surface area contributed by atoms with Gasteiger partial charge in [0, 0.05) is 0 Å². The predicted molar refractivity (Wildman–Crippen MR) is 149 cm³/mol. The summed E-state index contributed by atoms with van der Waals surface area (Å²) in [4.78, 5) is 0. The smallest absolute Gasteiger partial charge is 0.147 e. The van der Waals surface area contributed by atoms with Gasteiger partial charge in [0.2, 0.25) is 0 Å². The maximum Gasteiger partial charge on any atom is -0.147 e. The third kappa shape index (κ3) is 4.02. The van der Waals surface area contributed by atoms with Gasteiger partial charge >= 0.3 is 187 Å². The van der Waals surface area contributed by atoms with E-state index in [1.807, 2.05) is 0 Å². The van der Waals surface area contributed by atoms with Crippen molar-refractivity contribution in [3.63, 3.8) is 0 Å². The Labute approximate surface area is 210 Å². The van der Waals surface area contributed by atoms with Crippen LogP contribution >= 0.6 is 24.8 Å². The molecule has 0 bridgehead atoms. The molecule has 2 aliphatic rings. The predicted octanol–water partition coefficient (Wildman–Crippen LogP) is 8.49. The van der Waals surface area contributed by atoms with Crippen LogP contribution in [-0.4, -0.2) is 6.94 Å². The molecule has 2 aromatic rings. The van der Waals surface area contributed by atoms with E-state index in [4.69, 9.17) is 0 Å². The number of fused-ring (bicyclic) bond motifs is 2. The molecule has 0 fully saturated rings. The van der Waals surface area contributed by atoms with E-state index in [1.54, 1.807) is 22.3 Å². The molecule has 0 aliphatic heterocycles. The Morgan fingerprint density at radius 2 is 0.969 bits per heavy atom. The largest absolute Gasteiger partial charge is 0.147 e. The van der Waals surface area contributed by atoms with Crippen molar-refractivity contribution in [1.29, 1.82) is 0 Å². The number of allylic oxidation sites excluding steroid dienone is 2. The summed E-state index contributed by atoms with van der Waals surface area (Å²) in [5.74, 6) is 0. The summed E-state index contributed by atoms with van der Waals surface area (Å²) >= 11 is -3.52. The molecule has 0 saturated heterocycles. The summed E-state index contributed by atoms with van der Waals surface area (Å²) in [5, 5.41) is 0. The summed E-state index contributed by atoms with van der Waals surface area (Å²) in [7, 11) is 0. The molecule has 0 spiro atoms. The average molecular weight is 654 g/mol. The number of hydrogen-bond acceptors (Lipinski definition) is 0. The second-order valence-corrected chi connectivity index (χ2v) is 54.5. The minimum atomic E-state index is -3.52. The van der Waals surface area contributed by atoms with E-state index >= 15 is 0 Å². The molecule has 2 aromatic carbocycles. The van der Waals surface area contributed by atoms with Crippen LogP contribution in [-0.2, 0) is 17.1 Å². The van der Waals surface area contributed by atoms with Crippen molar-refractivity contribution in [1.82, 2.24) is 0 Å². The fraction of sp³-hybridized carbons (Fsp3) is 0.429. The maximum atomic E-state index is 2.78. The Hall–Kier alpha value is -0.413. The normalized spacial score (nSPS) is 19.4. The van der Waals surface area contributed by atoms with Crippen LogP contribution in [0.4, 0.5) is 0 Å². The van der Waals surface area contributed by atoms with Crippen molar-refractivity contribution >= 4 is 43.9 Å². The van der Waals surface area contributed by atoms with Gasteiger partial charge in [0.25, 0.3) is 0 Å². The maximum absolute atomic E-state index is 3.52. The van der Waals surface area contributed by atoms with Crippen molar-refractivity contribution in [3.05, 3.63) is 79.9 Å². The van der Waals surface area contributed by atoms with Gasteiger partial charge < -0.3 is 0 Å². The van der Waals surface area contributed by atoms with Crippen LogP contribution in [0.1, 0.15) is 78.5 Å². The van der Waals surface area contributed by atoms with Crippen molar-refractivity contribution in [2.75, 3.05) is 0 Å². The van der Waals surface area contributed by atoms with Gasteiger partial charge in [0.1, 0.15) is 0 Å². The number of aryl methyl sites for hydroxylation is 4. The Bertz CT molecular complexity index is 1110. The van der Waals surface area contributed by atoms with E-state index in [-0.39, 0.29) is 24.8 Å². The summed E-state index contributed by atoms with van der Waals surface area (Å²) < 4.78 is 6.88. The van der Waals surface area contributed by atoms with Crippen molar-refractivity contribution in [2.24, 2.45) is 0 Å². The molecule has 2 aliphatic carbocycles. The van der Waals surface area contributed by atoms with Crippen molar-refractivity contribution < 1.29 is 17.1 Å².